The molecule has 0 saturated carbocycles. The van der Waals surface area contributed by atoms with Gasteiger partial charge >= 0.3 is 0 Å². The molecule has 0 spiro atoms. The van der Waals surface area contributed by atoms with Gasteiger partial charge in [0.1, 0.15) is 5.78 Å². The topological polar surface area (TPSA) is 37.3 Å². The van der Waals surface area contributed by atoms with Gasteiger partial charge in [-0.1, -0.05) is 13.3 Å². The van der Waals surface area contributed by atoms with Crippen molar-refractivity contribution in [1.82, 2.24) is 0 Å². The minimum Gasteiger partial charge on any atom is -0.393 e. The van der Waals surface area contributed by atoms with E-state index < -0.39 is 0 Å². The Labute approximate surface area is 68.6 Å². The van der Waals surface area contributed by atoms with Crippen LogP contribution >= 0.6 is 0 Å². The van der Waals surface area contributed by atoms with Crippen LogP contribution in [0.5, 0.6) is 0 Å². The molecule has 1 N–H and O–H groups in total. The first-order valence-corrected chi connectivity index (χ1v) is 4.13. The molecule has 2 heteroatoms. The molecule has 1 atom stereocenters. The minimum atomic E-state index is -0.276. The second-order valence-electron chi connectivity index (χ2n) is 2.89. The molecule has 0 aliphatic carbocycles. The Balaban J connectivity index is 3.08. The molecule has 0 fully saturated rings. The van der Waals surface area contributed by atoms with Crippen molar-refractivity contribution < 1.29 is 9.90 Å². The van der Waals surface area contributed by atoms with Gasteiger partial charge in [-0.15, -0.1) is 0 Å². The Morgan fingerprint density at radius 2 is 2.18 bits per heavy atom. The van der Waals surface area contributed by atoms with Crippen molar-refractivity contribution in [3.63, 3.8) is 0 Å². The molecular formula is C9H17O2. The van der Waals surface area contributed by atoms with Gasteiger partial charge < -0.3 is 9.90 Å². The lowest BCUT2D eigenvalue weighted by atomic mass is 10.1. The number of aliphatic hydroxyl groups is 1. The summed E-state index contributed by atoms with van der Waals surface area (Å²) in [5.41, 5.74) is 0. The van der Waals surface area contributed by atoms with Crippen LogP contribution in [0.4, 0.5) is 0 Å². The molecule has 0 aromatic carbocycles. The maximum absolute atomic E-state index is 10.5. The van der Waals surface area contributed by atoms with Crippen LogP contribution in [-0.4, -0.2) is 17.0 Å². The fourth-order valence-corrected chi connectivity index (χ4v) is 0.898. The fourth-order valence-electron chi connectivity index (χ4n) is 0.898. The SMILES string of the molecule is [CH2]CC(O)CCCCC(C)=O. The van der Waals surface area contributed by atoms with E-state index in [1.54, 1.807) is 6.92 Å². The summed E-state index contributed by atoms with van der Waals surface area (Å²) in [6.45, 7) is 5.18. The Morgan fingerprint density at radius 1 is 1.55 bits per heavy atom. The summed E-state index contributed by atoms with van der Waals surface area (Å²) in [5.74, 6) is 0.231. The number of aliphatic hydroxyl groups excluding tert-OH is 1. The van der Waals surface area contributed by atoms with Gasteiger partial charge in [0.15, 0.2) is 0 Å². The molecule has 0 aliphatic heterocycles. The molecule has 0 amide bonds. The van der Waals surface area contributed by atoms with Crippen molar-refractivity contribution in [3.05, 3.63) is 6.92 Å². The first-order chi connectivity index (χ1) is 5.16. The van der Waals surface area contributed by atoms with Crippen molar-refractivity contribution in [3.8, 4) is 0 Å². The predicted octanol–water partition coefficient (Wildman–Crippen LogP) is 1.72. The first-order valence-electron chi connectivity index (χ1n) is 4.13. The second-order valence-corrected chi connectivity index (χ2v) is 2.89. The molecule has 0 saturated heterocycles. The van der Waals surface area contributed by atoms with Crippen LogP contribution in [0.2, 0.25) is 0 Å². The van der Waals surface area contributed by atoms with Gasteiger partial charge in [-0.2, -0.15) is 0 Å². The highest BCUT2D eigenvalue weighted by atomic mass is 16.3. The van der Waals surface area contributed by atoms with Gasteiger partial charge in [-0.05, 0) is 26.2 Å². The molecule has 0 heterocycles. The largest absolute Gasteiger partial charge is 0.393 e. The Kier molecular flexibility index (Phi) is 6.13. The van der Waals surface area contributed by atoms with Crippen LogP contribution in [0.25, 0.3) is 0 Å². The first kappa shape index (κ1) is 10.6. The molecule has 1 radical (unpaired) electrons. The molecule has 0 aromatic rings. The van der Waals surface area contributed by atoms with E-state index in [4.69, 9.17) is 5.11 Å². The van der Waals surface area contributed by atoms with E-state index in [-0.39, 0.29) is 11.9 Å². The lowest BCUT2D eigenvalue weighted by Gasteiger charge is -2.05. The summed E-state index contributed by atoms with van der Waals surface area (Å²) in [4.78, 5) is 10.5. The molecule has 65 valence electrons. The van der Waals surface area contributed by atoms with Crippen molar-refractivity contribution in [2.24, 2.45) is 0 Å². The van der Waals surface area contributed by atoms with Gasteiger partial charge in [0, 0.05) is 6.42 Å². The van der Waals surface area contributed by atoms with Crippen LogP contribution in [0.15, 0.2) is 0 Å². The van der Waals surface area contributed by atoms with Crippen molar-refractivity contribution in [2.75, 3.05) is 0 Å². The number of carbonyl (C=O) groups is 1. The molecular weight excluding hydrogens is 140 g/mol. The molecule has 1 unspecified atom stereocenters. The highest BCUT2D eigenvalue weighted by molar-refractivity contribution is 5.75. The number of unbranched alkanes of at least 4 members (excludes halogenated alkanes) is 1. The monoisotopic (exact) mass is 157 g/mol. The van der Waals surface area contributed by atoms with Crippen LogP contribution in [0.1, 0.15) is 39.0 Å². The van der Waals surface area contributed by atoms with Crippen molar-refractivity contribution >= 4 is 5.78 Å². The Hall–Kier alpha value is -0.370. The lowest BCUT2D eigenvalue weighted by Crippen LogP contribution is -2.03. The Bertz CT molecular complexity index is 110. The lowest BCUT2D eigenvalue weighted by molar-refractivity contribution is -0.117. The number of rotatable bonds is 6. The third kappa shape index (κ3) is 7.53. The zero-order valence-corrected chi connectivity index (χ0v) is 7.18. The number of hydrogen-bond donors (Lipinski definition) is 1. The Morgan fingerprint density at radius 3 is 2.64 bits per heavy atom. The average molecular weight is 157 g/mol. The predicted molar refractivity (Wildman–Crippen MR) is 45.1 cm³/mol. The van der Waals surface area contributed by atoms with Crippen molar-refractivity contribution in [2.45, 2.75) is 45.1 Å². The summed E-state index contributed by atoms with van der Waals surface area (Å²) < 4.78 is 0. The molecule has 0 aromatic heterocycles. The molecule has 0 aliphatic rings. The van der Waals surface area contributed by atoms with Crippen LogP contribution in [-0.2, 0) is 4.79 Å². The normalized spacial score (nSPS) is 13.0. The van der Waals surface area contributed by atoms with Gasteiger partial charge in [-0.3, -0.25) is 0 Å². The zero-order chi connectivity index (χ0) is 8.69. The van der Waals surface area contributed by atoms with Gasteiger partial charge in [0.05, 0.1) is 6.10 Å². The molecule has 11 heavy (non-hydrogen) atoms. The number of carbonyl (C=O) groups excluding carboxylic acids is 1. The van der Waals surface area contributed by atoms with E-state index in [1.165, 1.54) is 0 Å². The molecule has 0 rings (SSSR count). The minimum absolute atomic E-state index is 0.231. The third-order valence-electron chi connectivity index (χ3n) is 1.65. The van der Waals surface area contributed by atoms with E-state index >= 15 is 0 Å². The van der Waals surface area contributed by atoms with Crippen LogP contribution in [0.3, 0.4) is 0 Å². The smallest absolute Gasteiger partial charge is 0.129 e. The summed E-state index contributed by atoms with van der Waals surface area (Å²) in [6, 6.07) is 0. The summed E-state index contributed by atoms with van der Waals surface area (Å²) in [7, 11) is 0. The quantitative estimate of drug-likeness (QED) is 0.596. The highest BCUT2D eigenvalue weighted by Crippen LogP contribution is 2.05. The summed E-state index contributed by atoms with van der Waals surface area (Å²) in [5, 5.41) is 9.08. The van der Waals surface area contributed by atoms with Gasteiger partial charge in [0.2, 0.25) is 0 Å². The second kappa shape index (κ2) is 6.35. The maximum Gasteiger partial charge on any atom is 0.129 e. The number of hydrogen-bond acceptors (Lipinski definition) is 2. The van der Waals surface area contributed by atoms with E-state index in [2.05, 4.69) is 6.92 Å². The van der Waals surface area contributed by atoms with Gasteiger partial charge in [0.25, 0.3) is 0 Å². The standard InChI is InChI=1S/C9H17O2/c1-3-9(11)7-5-4-6-8(2)10/h9,11H,1,3-7H2,2H3. The molecule has 0 bridgehead atoms. The zero-order valence-electron chi connectivity index (χ0n) is 7.18. The van der Waals surface area contributed by atoms with E-state index in [0.717, 1.165) is 19.3 Å². The fraction of sp³-hybridized carbons (Fsp3) is 0.778. The third-order valence-corrected chi connectivity index (χ3v) is 1.65. The number of Topliss-reactive ketones (excluding diaryl/α,β-unsaturated/α-hetero) is 1. The van der Waals surface area contributed by atoms with Crippen LogP contribution < -0.4 is 0 Å². The highest BCUT2D eigenvalue weighted by Gasteiger charge is 2.00. The van der Waals surface area contributed by atoms with E-state index in [0.29, 0.717) is 12.8 Å². The molecule has 2 nitrogen and oxygen atoms in total. The average Bonchev–Trinajstić information content (AvgIpc) is 1.97. The van der Waals surface area contributed by atoms with E-state index in [9.17, 15) is 4.79 Å². The number of ketones is 1. The van der Waals surface area contributed by atoms with Gasteiger partial charge in [-0.25, -0.2) is 0 Å². The summed E-state index contributed by atoms with van der Waals surface area (Å²) >= 11 is 0. The summed E-state index contributed by atoms with van der Waals surface area (Å²) in [6.07, 6.45) is 3.53. The van der Waals surface area contributed by atoms with E-state index in [1.807, 2.05) is 0 Å². The maximum atomic E-state index is 10.5. The van der Waals surface area contributed by atoms with Crippen LogP contribution in [0, 0.1) is 6.92 Å². The van der Waals surface area contributed by atoms with Crippen molar-refractivity contribution in [1.29, 1.82) is 0 Å².